The Morgan fingerprint density at radius 3 is 2.89 bits per heavy atom. The fourth-order valence-electron chi connectivity index (χ4n) is 1.60. The zero-order valence-corrected chi connectivity index (χ0v) is 11.0. The molecule has 0 aliphatic carbocycles. The Morgan fingerprint density at radius 2 is 2.21 bits per heavy atom. The summed E-state index contributed by atoms with van der Waals surface area (Å²) in [6.45, 7) is 4.17. The van der Waals surface area contributed by atoms with Gasteiger partial charge in [0.25, 0.3) is 5.91 Å². The van der Waals surface area contributed by atoms with Gasteiger partial charge in [0.15, 0.2) is 0 Å². The van der Waals surface area contributed by atoms with Gasteiger partial charge in [0.2, 0.25) is 0 Å². The highest BCUT2D eigenvalue weighted by molar-refractivity contribution is 5.74. The van der Waals surface area contributed by atoms with Crippen molar-refractivity contribution in [2.45, 2.75) is 27.0 Å². The van der Waals surface area contributed by atoms with E-state index in [2.05, 4.69) is 15.6 Å². The van der Waals surface area contributed by atoms with Gasteiger partial charge >= 0.3 is 0 Å². The largest absolute Gasteiger partial charge is 0.271 e. The number of pyridine rings is 1. The SMILES string of the molecule is Cc1cccc(CONC(=O)Cn2nccc2C)n1. The van der Waals surface area contributed by atoms with Gasteiger partial charge in [0, 0.05) is 17.6 Å². The molecule has 0 spiro atoms. The van der Waals surface area contributed by atoms with Crippen LogP contribution in [-0.2, 0) is 22.8 Å². The summed E-state index contributed by atoms with van der Waals surface area (Å²) in [7, 11) is 0. The van der Waals surface area contributed by atoms with Gasteiger partial charge in [-0.25, -0.2) is 5.48 Å². The molecular formula is C13H16N4O2. The number of amides is 1. The number of aryl methyl sites for hydroxylation is 2. The molecule has 1 N–H and O–H groups in total. The Balaban J connectivity index is 1.77. The van der Waals surface area contributed by atoms with Gasteiger partial charge in [0.05, 0.1) is 5.69 Å². The second-order valence-corrected chi connectivity index (χ2v) is 4.21. The van der Waals surface area contributed by atoms with E-state index in [4.69, 9.17) is 4.84 Å². The van der Waals surface area contributed by atoms with E-state index in [1.165, 1.54) is 0 Å². The molecule has 0 aromatic carbocycles. The van der Waals surface area contributed by atoms with Crippen LogP contribution in [0.25, 0.3) is 0 Å². The van der Waals surface area contributed by atoms with E-state index < -0.39 is 0 Å². The fraction of sp³-hybridized carbons (Fsp3) is 0.308. The molecule has 6 heteroatoms. The van der Waals surface area contributed by atoms with Crippen LogP contribution >= 0.6 is 0 Å². The molecule has 0 aliphatic heterocycles. The monoisotopic (exact) mass is 260 g/mol. The Labute approximate surface area is 111 Å². The van der Waals surface area contributed by atoms with Crippen molar-refractivity contribution < 1.29 is 9.63 Å². The first-order chi connectivity index (χ1) is 9.15. The maximum absolute atomic E-state index is 11.6. The van der Waals surface area contributed by atoms with Crippen LogP contribution in [-0.4, -0.2) is 20.7 Å². The van der Waals surface area contributed by atoms with Crippen molar-refractivity contribution >= 4 is 5.91 Å². The minimum absolute atomic E-state index is 0.139. The van der Waals surface area contributed by atoms with E-state index in [9.17, 15) is 4.79 Å². The van der Waals surface area contributed by atoms with Crippen LogP contribution in [0.2, 0.25) is 0 Å². The normalized spacial score (nSPS) is 10.4. The van der Waals surface area contributed by atoms with Crippen molar-refractivity contribution in [1.29, 1.82) is 0 Å². The van der Waals surface area contributed by atoms with Gasteiger partial charge in [-0.3, -0.25) is 19.3 Å². The highest BCUT2D eigenvalue weighted by atomic mass is 16.6. The Morgan fingerprint density at radius 1 is 1.37 bits per heavy atom. The molecule has 0 radical (unpaired) electrons. The topological polar surface area (TPSA) is 69.0 Å². The molecule has 100 valence electrons. The second kappa shape index (κ2) is 6.10. The molecule has 2 aromatic heterocycles. The first kappa shape index (κ1) is 13.2. The summed E-state index contributed by atoms with van der Waals surface area (Å²) in [6.07, 6.45) is 1.65. The average molecular weight is 260 g/mol. The summed E-state index contributed by atoms with van der Waals surface area (Å²) in [4.78, 5) is 21.0. The minimum Gasteiger partial charge on any atom is -0.271 e. The van der Waals surface area contributed by atoms with Crippen molar-refractivity contribution in [2.75, 3.05) is 0 Å². The lowest BCUT2D eigenvalue weighted by atomic mass is 10.3. The van der Waals surface area contributed by atoms with Gasteiger partial charge in [-0.15, -0.1) is 0 Å². The summed E-state index contributed by atoms with van der Waals surface area (Å²) < 4.78 is 1.60. The van der Waals surface area contributed by atoms with E-state index in [1.807, 2.05) is 38.1 Å². The quantitative estimate of drug-likeness (QED) is 0.819. The van der Waals surface area contributed by atoms with Gasteiger partial charge in [-0.1, -0.05) is 6.07 Å². The van der Waals surface area contributed by atoms with E-state index in [1.54, 1.807) is 10.9 Å². The van der Waals surface area contributed by atoms with E-state index in [0.29, 0.717) is 0 Å². The fourth-order valence-corrected chi connectivity index (χ4v) is 1.60. The molecular weight excluding hydrogens is 244 g/mol. The first-order valence-corrected chi connectivity index (χ1v) is 5.97. The highest BCUT2D eigenvalue weighted by Crippen LogP contribution is 1.99. The van der Waals surface area contributed by atoms with E-state index >= 15 is 0 Å². The smallest absolute Gasteiger partial charge is 0.265 e. The molecule has 0 aliphatic rings. The number of hydrogen-bond acceptors (Lipinski definition) is 4. The number of rotatable bonds is 5. The van der Waals surface area contributed by atoms with Crippen LogP contribution in [0.4, 0.5) is 0 Å². The minimum atomic E-state index is -0.251. The number of hydrogen-bond donors (Lipinski definition) is 1. The van der Waals surface area contributed by atoms with E-state index in [-0.39, 0.29) is 19.1 Å². The zero-order valence-electron chi connectivity index (χ0n) is 11.0. The lowest BCUT2D eigenvalue weighted by Crippen LogP contribution is -2.28. The van der Waals surface area contributed by atoms with E-state index in [0.717, 1.165) is 17.1 Å². The summed E-state index contributed by atoms with van der Waals surface area (Å²) in [5.41, 5.74) is 4.99. The molecule has 19 heavy (non-hydrogen) atoms. The van der Waals surface area contributed by atoms with Crippen LogP contribution < -0.4 is 5.48 Å². The predicted molar refractivity (Wildman–Crippen MR) is 68.9 cm³/mol. The molecule has 0 saturated heterocycles. The third-order valence-corrected chi connectivity index (χ3v) is 2.57. The Hall–Kier alpha value is -2.21. The second-order valence-electron chi connectivity index (χ2n) is 4.21. The maximum Gasteiger partial charge on any atom is 0.265 e. The van der Waals surface area contributed by atoms with Crippen molar-refractivity contribution in [1.82, 2.24) is 20.2 Å². The predicted octanol–water partition coefficient (Wildman–Crippen LogP) is 1.14. The summed E-state index contributed by atoms with van der Waals surface area (Å²) in [6, 6.07) is 7.49. The molecule has 2 heterocycles. The van der Waals surface area contributed by atoms with Crippen molar-refractivity contribution in [3.8, 4) is 0 Å². The molecule has 0 saturated carbocycles. The number of aromatic nitrogens is 3. The molecule has 6 nitrogen and oxygen atoms in total. The Bertz CT molecular complexity index is 565. The van der Waals surface area contributed by atoms with Crippen LogP contribution in [0.1, 0.15) is 17.1 Å². The molecule has 0 unspecified atom stereocenters. The molecule has 2 aromatic rings. The lowest BCUT2D eigenvalue weighted by Gasteiger charge is -2.07. The molecule has 2 rings (SSSR count). The van der Waals surface area contributed by atoms with Crippen molar-refractivity contribution in [2.24, 2.45) is 0 Å². The number of nitrogens with zero attached hydrogens (tertiary/aromatic N) is 3. The summed E-state index contributed by atoms with van der Waals surface area (Å²) in [5, 5.41) is 4.02. The van der Waals surface area contributed by atoms with Crippen LogP contribution in [0.5, 0.6) is 0 Å². The molecule has 0 fully saturated rings. The van der Waals surface area contributed by atoms with Gasteiger partial charge in [-0.2, -0.15) is 5.10 Å². The average Bonchev–Trinajstić information content (AvgIpc) is 2.75. The first-order valence-electron chi connectivity index (χ1n) is 5.97. The molecule has 0 bridgehead atoms. The molecule has 0 atom stereocenters. The van der Waals surface area contributed by atoms with Crippen LogP contribution in [0.3, 0.4) is 0 Å². The van der Waals surface area contributed by atoms with Crippen LogP contribution in [0, 0.1) is 13.8 Å². The third kappa shape index (κ3) is 3.89. The lowest BCUT2D eigenvalue weighted by molar-refractivity contribution is -0.135. The number of nitrogens with one attached hydrogen (secondary N) is 1. The number of hydroxylamine groups is 1. The highest BCUT2D eigenvalue weighted by Gasteiger charge is 2.05. The summed E-state index contributed by atoms with van der Waals surface area (Å²) >= 11 is 0. The van der Waals surface area contributed by atoms with Crippen molar-refractivity contribution in [3.05, 3.63) is 47.5 Å². The van der Waals surface area contributed by atoms with Gasteiger partial charge in [-0.05, 0) is 32.0 Å². The summed E-state index contributed by atoms with van der Waals surface area (Å²) in [5.74, 6) is -0.251. The van der Waals surface area contributed by atoms with Gasteiger partial charge in [0.1, 0.15) is 13.2 Å². The number of carbonyl (C=O) groups excluding carboxylic acids is 1. The Kier molecular flexibility index (Phi) is 4.25. The standard InChI is InChI=1S/C13H16N4O2/c1-10-4-3-5-12(15-10)9-19-16-13(18)8-17-11(2)6-7-14-17/h3-7H,8-9H2,1-2H3,(H,16,18). The third-order valence-electron chi connectivity index (χ3n) is 2.57. The van der Waals surface area contributed by atoms with Gasteiger partial charge < -0.3 is 0 Å². The number of carbonyl (C=O) groups is 1. The maximum atomic E-state index is 11.6. The van der Waals surface area contributed by atoms with Crippen molar-refractivity contribution in [3.63, 3.8) is 0 Å². The zero-order chi connectivity index (χ0) is 13.7. The molecule has 1 amide bonds. The van der Waals surface area contributed by atoms with Crippen LogP contribution in [0.15, 0.2) is 30.5 Å².